The fourth-order valence-corrected chi connectivity index (χ4v) is 1.83. The molecule has 0 fully saturated rings. The number of carbonyl (C=O) groups is 1. The van der Waals surface area contributed by atoms with E-state index in [1.54, 1.807) is 4.90 Å². The molecular formula is C15H24N2O2. The molecule has 1 aromatic carbocycles. The summed E-state index contributed by atoms with van der Waals surface area (Å²) in [5.74, 6) is 0.776. The van der Waals surface area contributed by atoms with Gasteiger partial charge in [-0.05, 0) is 38.1 Å². The number of hydrogen-bond donors (Lipinski definition) is 1. The van der Waals surface area contributed by atoms with Gasteiger partial charge in [-0.3, -0.25) is 4.79 Å². The second-order valence-electron chi connectivity index (χ2n) is 4.28. The Morgan fingerprint density at radius 1 is 1.26 bits per heavy atom. The number of benzene rings is 1. The molecular weight excluding hydrogens is 240 g/mol. The average Bonchev–Trinajstić information content (AvgIpc) is 2.44. The Kier molecular flexibility index (Phi) is 6.97. The fraction of sp³-hybridized carbons (Fsp3) is 0.533. The van der Waals surface area contributed by atoms with Crippen molar-refractivity contribution in [2.75, 3.05) is 26.2 Å². The van der Waals surface area contributed by atoms with E-state index in [1.807, 2.05) is 38.1 Å². The van der Waals surface area contributed by atoms with Crippen LogP contribution in [0, 0.1) is 0 Å². The molecule has 0 aliphatic rings. The van der Waals surface area contributed by atoms with Gasteiger partial charge in [0.05, 0.1) is 0 Å². The van der Waals surface area contributed by atoms with E-state index in [9.17, 15) is 4.79 Å². The lowest BCUT2D eigenvalue weighted by atomic mass is 10.2. The third-order valence-electron chi connectivity index (χ3n) is 2.96. The first-order valence-electron chi connectivity index (χ1n) is 6.91. The second-order valence-corrected chi connectivity index (χ2v) is 4.28. The maximum Gasteiger partial charge on any atom is 0.260 e. The summed E-state index contributed by atoms with van der Waals surface area (Å²) in [4.78, 5) is 13.6. The summed E-state index contributed by atoms with van der Waals surface area (Å²) in [6, 6.07) is 7.84. The predicted octanol–water partition coefficient (Wildman–Crippen LogP) is 2.04. The Hall–Kier alpha value is -1.55. The predicted molar refractivity (Wildman–Crippen MR) is 77.2 cm³/mol. The van der Waals surface area contributed by atoms with Gasteiger partial charge >= 0.3 is 0 Å². The van der Waals surface area contributed by atoms with Crippen molar-refractivity contribution >= 4 is 5.91 Å². The van der Waals surface area contributed by atoms with Gasteiger partial charge in [-0.25, -0.2) is 0 Å². The summed E-state index contributed by atoms with van der Waals surface area (Å²) in [6.45, 7) is 9.31. The molecule has 0 heterocycles. The smallest absolute Gasteiger partial charge is 0.260 e. The Morgan fingerprint density at radius 2 is 2.00 bits per heavy atom. The van der Waals surface area contributed by atoms with Gasteiger partial charge in [0, 0.05) is 19.6 Å². The highest BCUT2D eigenvalue weighted by Gasteiger charge is 2.10. The first kappa shape index (κ1) is 15.5. The van der Waals surface area contributed by atoms with Crippen molar-refractivity contribution in [3.63, 3.8) is 0 Å². The van der Waals surface area contributed by atoms with Crippen LogP contribution in [0.25, 0.3) is 0 Å². The van der Waals surface area contributed by atoms with E-state index in [4.69, 9.17) is 4.74 Å². The summed E-state index contributed by atoms with van der Waals surface area (Å²) < 4.78 is 5.55. The third kappa shape index (κ3) is 5.30. The number of carbonyl (C=O) groups excluding carboxylic acids is 1. The highest BCUT2D eigenvalue weighted by molar-refractivity contribution is 5.77. The zero-order valence-corrected chi connectivity index (χ0v) is 12.1. The lowest BCUT2D eigenvalue weighted by Crippen LogP contribution is -2.34. The van der Waals surface area contributed by atoms with Crippen LogP contribution in [-0.2, 0) is 11.3 Å². The number of amides is 1. The van der Waals surface area contributed by atoms with Gasteiger partial charge in [0.25, 0.3) is 5.91 Å². The van der Waals surface area contributed by atoms with E-state index >= 15 is 0 Å². The van der Waals surface area contributed by atoms with Crippen LogP contribution < -0.4 is 10.1 Å². The van der Waals surface area contributed by atoms with Crippen LogP contribution in [0.1, 0.15) is 26.3 Å². The summed E-state index contributed by atoms with van der Waals surface area (Å²) in [7, 11) is 0. The normalized spacial score (nSPS) is 10.3. The highest BCUT2D eigenvalue weighted by Crippen LogP contribution is 2.13. The van der Waals surface area contributed by atoms with Crippen LogP contribution in [-0.4, -0.2) is 37.0 Å². The van der Waals surface area contributed by atoms with Crippen molar-refractivity contribution in [1.82, 2.24) is 10.2 Å². The minimum Gasteiger partial charge on any atom is -0.484 e. The molecule has 0 bridgehead atoms. The molecule has 0 aromatic heterocycles. The minimum absolute atomic E-state index is 0.0297. The molecule has 0 unspecified atom stereocenters. The van der Waals surface area contributed by atoms with Crippen LogP contribution in [0.5, 0.6) is 5.75 Å². The fourth-order valence-electron chi connectivity index (χ4n) is 1.83. The molecule has 19 heavy (non-hydrogen) atoms. The number of nitrogens with zero attached hydrogens (tertiary/aromatic N) is 1. The van der Waals surface area contributed by atoms with Crippen molar-refractivity contribution in [3.05, 3.63) is 29.8 Å². The first-order chi connectivity index (χ1) is 9.21. The Labute approximate surface area is 115 Å². The van der Waals surface area contributed by atoms with E-state index in [-0.39, 0.29) is 12.5 Å². The van der Waals surface area contributed by atoms with Crippen LogP contribution >= 0.6 is 0 Å². The van der Waals surface area contributed by atoms with Crippen molar-refractivity contribution in [2.45, 2.75) is 27.3 Å². The summed E-state index contributed by atoms with van der Waals surface area (Å²) >= 11 is 0. The van der Waals surface area contributed by atoms with E-state index in [0.717, 1.165) is 37.5 Å². The molecule has 106 valence electrons. The van der Waals surface area contributed by atoms with Crippen molar-refractivity contribution in [1.29, 1.82) is 0 Å². The minimum atomic E-state index is 0.0297. The highest BCUT2D eigenvalue weighted by atomic mass is 16.5. The standard InChI is InChI=1S/C15H24N2O2/c1-4-16-11-13-8-7-9-14(10-13)19-12-15(18)17(5-2)6-3/h7-10,16H,4-6,11-12H2,1-3H3. The van der Waals surface area contributed by atoms with E-state index in [0.29, 0.717) is 0 Å². The van der Waals surface area contributed by atoms with Crippen LogP contribution in [0.4, 0.5) is 0 Å². The van der Waals surface area contributed by atoms with Crippen LogP contribution in [0.3, 0.4) is 0 Å². The zero-order chi connectivity index (χ0) is 14.1. The SMILES string of the molecule is CCNCc1cccc(OCC(=O)N(CC)CC)c1. The Balaban J connectivity index is 2.50. The number of rotatable bonds is 8. The largest absolute Gasteiger partial charge is 0.484 e. The molecule has 0 aliphatic carbocycles. The van der Waals surface area contributed by atoms with Crippen LogP contribution in [0.2, 0.25) is 0 Å². The molecule has 0 atom stereocenters. The molecule has 4 heteroatoms. The molecule has 1 amide bonds. The molecule has 0 saturated carbocycles. The lowest BCUT2D eigenvalue weighted by molar-refractivity contribution is -0.132. The summed E-state index contributed by atoms with van der Waals surface area (Å²) in [5, 5.41) is 3.26. The van der Waals surface area contributed by atoms with Crippen LogP contribution in [0.15, 0.2) is 24.3 Å². The van der Waals surface area contributed by atoms with Gasteiger partial charge in [-0.2, -0.15) is 0 Å². The van der Waals surface area contributed by atoms with Gasteiger partial charge in [-0.15, -0.1) is 0 Å². The topological polar surface area (TPSA) is 41.6 Å². The maximum absolute atomic E-state index is 11.8. The number of nitrogens with one attached hydrogen (secondary N) is 1. The van der Waals surface area contributed by atoms with Gasteiger partial charge in [-0.1, -0.05) is 19.1 Å². The van der Waals surface area contributed by atoms with Crippen molar-refractivity contribution in [2.24, 2.45) is 0 Å². The molecule has 1 aromatic rings. The summed E-state index contributed by atoms with van der Waals surface area (Å²) in [5.41, 5.74) is 1.16. The number of hydrogen-bond acceptors (Lipinski definition) is 3. The quantitative estimate of drug-likeness (QED) is 0.781. The molecule has 1 rings (SSSR count). The van der Waals surface area contributed by atoms with E-state index in [2.05, 4.69) is 12.2 Å². The van der Waals surface area contributed by atoms with E-state index in [1.165, 1.54) is 0 Å². The van der Waals surface area contributed by atoms with Gasteiger partial charge in [0.2, 0.25) is 0 Å². The monoisotopic (exact) mass is 264 g/mol. The van der Waals surface area contributed by atoms with Gasteiger partial charge < -0.3 is 15.0 Å². The molecule has 0 spiro atoms. The Morgan fingerprint density at radius 3 is 2.63 bits per heavy atom. The first-order valence-corrected chi connectivity index (χ1v) is 6.91. The molecule has 0 aliphatic heterocycles. The number of likely N-dealkylation sites (N-methyl/N-ethyl adjacent to an activating group) is 1. The second kappa shape index (κ2) is 8.53. The lowest BCUT2D eigenvalue weighted by Gasteiger charge is -2.18. The molecule has 1 N–H and O–H groups in total. The molecule has 4 nitrogen and oxygen atoms in total. The number of ether oxygens (including phenoxy) is 1. The van der Waals surface area contributed by atoms with E-state index < -0.39 is 0 Å². The van der Waals surface area contributed by atoms with Crippen molar-refractivity contribution < 1.29 is 9.53 Å². The Bertz CT molecular complexity index is 389. The maximum atomic E-state index is 11.8. The van der Waals surface area contributed by atoms with Crippen molar-refractivity contribution in [3.8, 4) is 5.75 Å². The summed E-state index contributed by atoms with van der Waals surface area (Å²) in [6.07, 6.45) is 0. The third-order valence-corrected chi connectivity index (χ3v) is 2.96. The zero-order valence-electron chi connectivity index (χ0n) is 12.1. The van der Waals surface area contributed by atoms with Gasteiger partial charge in [0.1, 0.15) is 5.75 Å². The van der Waals surface area contributed by atoms with Gasteiger partial charge in [0.15, 0.2) is 6.61 Å². The molecule has 0 radical (unpaired) electrons. The molecule has 0 saturated heterocycles. The average molecular weight is 264 g/mol.